The minimum Gasteiger partial charge on any atom is -0.264 e. The highest BCUT2D eigenvalue weighted by Gasteiger charge is 2.20. The van der Waals surface area contributed by atoms with Crippen LogP contribution in [0, 0.1) is 11.8 Å². The van der Waals surface area contributed by atoms with E-state index in [0.717, 1.165) is 0 Å². The zero-order chi connectivity index (χ0) is 13.0. The van der Waals surface area contributed by atoms with E-state index in [1.165, 1.54) is 0 Å². The molecule has 0 amide bonds. The topological polar surface area (TPSA) is 127 Å². The Hall–Kier alpha value is -0.260. The van der Waals surface area contributed by atoms with Crippen LogP contribution in [-0.2, 0) is 29.2 Å². The molecule has 0 unspecified atom stereocenters. The van der Waals surface area contributed by atoms with Crippen LogP contribution < -0.4 is 0 Å². The molecule has 0 bridgehead atoms. The van der Waals surface area contributed by atoms with Crippen molar-refractivity contribution in [2.75, 3.05) is 13.2 Å². The van der Waals surface area contributed by atoms with Crippen LogP contribution in [0.2, 0.25) is 0 Å². The van der Waals surface area contributed by atoms with Gasteiger partial charge in [-0.2, -0.15) is 16.8 Å². The first-order valence-electron chi connectivity index (χ1n) is 4.25. The van der Waals surface area contributed by atoms with Gasteiger partial charge in [-0.15, -0.1) is 0 Å². The highest BCUT2D eigenvalue weighted by atomic mass is 32.3. The molecular weight excluding hydrogens is 264 g/mol. The van der Waals surface area contributed by atoms with Crippen molar-refractivity contribution in [1.29, 1.82) is 0 Å². The third kappa shape index (κ3) is 9.00. The third-order valence-corrected chi connectivity index (χ3v) is 2.67. The maximum atomic E-state index is 10.3. The predicted octanol–water partition coefficient (Wildman–Crippen LogP) is -0.103. The van der Waals surface area contributed by atoms with Gasteiger partial charge in [-0.05, 0) is 5.92 Å². The van der Waals surface area contributed by atoms with Crippen molar-refractivity contribution >= 4 is 20.8 Å². The first kappa shape index (κ1) is 15.7. The smallest absolute Gasteiger partial charge is 0.264 e. The molecule has 0 atom stereocenters. The Labute approximate surface area is 94.5 Å². The Balaban J connectivity index is 4.30. The lowest BCUT2D eigenvalue weighted by atomic mass is 9.98. The van der Waals surface area contributed by atoms with E-state index < -0.39 is 39.9 Å². The van der Waals surface area contributed by atoms with E-state index in [9.17, 15) is 16.8 Å². The van der Waals surface area contributed by atoms with E-state index in [-0.39, 0.29) is 5.92 Å². The molecule has 10 heteroatoms. The normalized spacial score (nSPS) is 13.6. The van der Waals surface area contributed by atoms with Crippen molar-refractivity contribution in [2.24, 2.45) is 11.8 Å². The summed E-state index contributed by atoms with van der Waals surface area (Å²) in [7, 11) is -9.15. The number of rotatable bonds is 7. The van der Waals surface area contributed by atoms with Crippen LogP contribution in [0.5, 0.6) is 0 Å². The maximum absolute atomic E-state index is 10.3. The van der Waals surface area contributed by atoms with Gasteiger partial charge in [0.25, 0.3) is 0 Å². The van der Waals surface area contributed by atoms with Gasteiger partial charge in [-0.25, -0.2) is 8.37 Å². The standard InChI is InChI=1S/C6H14O8S2/c1-5(2)6(3-13-15(7,8)9)4-14-16(10,11)12/h5-6H,3-4H2,1-2H3,(H,7,8,9)(H,10,11,12). The second-order valence-corrected chi connectivity index (χ2v) is 5.61. The quantitative estimate of drug-likeness (QED) is 0.618. The summed E-state index contributed by atoms with van der Waals surface area (Å²) < 4.78 is 66.0. The van der Waals surface area contributed by atoms with Crippen molar-refractivity contribution in [3.05, 3.63) is 0 Å². The maximum Gasteiger partial charge on any atom is 0.397 e. The van der Waals surface area contributed by atoms with E-state index in [2.05, 4.69) is 8.37 Å². The monoisotopic (exact) mass is 278 g/mol. The molecule has 0 saturated heterocycles. The summed E-state index contributed by atoms with van der Waals surface area (Å²) in [6, 6.07) is 0. The second kappa shape index (κ2) is 5.89. The fourth-order valence-corrected chi connectivity index (χ4v) is 1.47. The minimum atomic E-state index is -4.57. The Kier molecular flexibility index (Phi) is 5.79. The van der Waals surface area contributed by atoms with Gasteiger partial charge in [-0.3, -0.25) is 9.11 Å². The van der Waals surface area contributed by atoms with Gasteiger partial charge in [0.15, 0.2) is 0 Å². The van der Waals surface area contributed by atoms with Crippen molar-refractivity contribution in [3.8, 4) is 0 Å². The zero-order valence-corrected chi connectivity index (χ0v) is 10.4. The molecule has 0 rings (SSSR count). The Bertz CT molecular complexity index is 358. The summed E-state index contributed by atoms with van der Waals surface area (Å²) >= 11 is 0. The zero-order valence-electron chi connectivity index (χ0n) is 8.73. The third-order valence-electron chi connectivity index (χ3n) is 1.80. The van der Waals surface area contributed by atoms with Crippen LogP contribution in [0.4, 0.5) is 0 Å². The molecule has 0 fully saturated rings. The van der Waals surface area contributed by atoms with Gasteiger partial charge in [0.05, 0.1) is 13.2 Å². The molecule has 0 radical (unpaired) electrons. The molecule has 0 aromatic heterocycles. The van der Waals surface area contributed by atoms with Crippen LogP contribution in [0.3, 0.4) is 0 Å². The molecule has 0 aromatic carbocycles. The minimum absolute atomic E-state index is 0.163. The largest absolute Gasteiger partial charge is 0.397 e. The van der Waals surface area contributed by atoms with E-state index >= 15 is 0 Å². The first-order chi connectivity index (χ1) is 7.01. The lowest BCUT2D eigenvalue weighted by Crippen LogP contribution is -2.24. The molecule has 0 saturated carbocycles. The van der Waals surface area contributed by atoms with Gasteiger partial charge in [0, 0.05) is 5.92 Å². The summed E-state index contributed by atoms with van der Waals surface area (Å²) in [5.41, 5.74) is 0. The number of hydrogen-bond donors (Lipinski definition) is 2. The SMILES string of the molecule is CC(C)C(COS(=O)(=O)O)COS(=O)(=O)O. The summed E-state index contributed by atoms with van der Waals surface area (Å²) in [5, 5.41) is 0. The lowest BCUT2D eigenvalue weighted by Gasteiger charge is -2.18. The average Bonchev–Trinajstić information content (AvgIpc) is 1.98. The van der Waals surface area contributed by atoms with E-state index in [1.807, 2.05) is 0 Å². The van der Waals surface area contributed by atoms with Crippen LogP contribution in [-0.4, -0.2) is 39.2 Å². The van der Waals surface area contributed by atoms with Gasteiger partial charge in [0.1, 0.15) is 0 Å². The lowest BCUT2D eigenvalue weighted by molar-refractivity contribution is 0.132. The van der Waals surface area contributed by atoms with Gasteiger partial charge < -0.3 is 0 Å². The van der Waals surface area contributed by atoms with Crippen molar-refractivity contribution in [1.82, 2.24) is 0 Å². The average molecular weight is 278 g/mol. The molecule has 0 aromatic rings. The van der Waals surface area contributed by atoms with Gasteiger partial charge in [-0.1, -0.05) is 13.8 Å². The predicted molar refractivity (Wildman–Crippen MR) is 53.3 cm³/mol. The fourth-order valence-electron chi connectivity index (χ4n) is 0.780. The van der Waals surface area contributed by atoms with Crippen molar-refractivity contribution in [3.63, 3.8) is 0 Å². The second-order valence-electron chi connectivity index (χ2n) is 3.43. The molecular formula is C6H14O8S2. The van der Waals surface area contributed by atoms with Gasteiger partial charge >= 0.3 is 20.8 Å². The Morgan fingerprint density at radius 2 is 1.25 bits per heavy atom. The molecule has 0 aliphatic rings. The highest BCUT2D eigenvalue weighted by Crippen LogP contribution is 2.13. The molecule has 0 spiro atoms. The summed E-state index contributed by atoms with van der Waals surface area (Å²) in [6.45, 7) is 2.47. The molecule has 0 heterocycles. The summed E-state index contributed by atoms with van der Waals surface area (Å²) in [4.78, 5) is 0. The molecule has 0 aliphatic carbocycles. The highest BCUT2D eigenvalue weighted by molar-refractivity contribution is 7.81. The molecule has 8 nitrogen and oxygen atoms in total. The Morgan fingerprint density at radius 1 is 0.938 bits per heavy atom. The molecule has 0 aliphatic heterocycles. The van der Waals surface area contributed by atoms with Crippen LogP contribution in [0.15, 0.2) is 0 Å². The van der Waals surface area contributed by atoms with Crippen LogP contribution in [0.1, 0.15) is 13.8 Å². The Morgan fingerprint density at radius 3 is 1.44 bits per heavy atom. The van der Waals surface area contributed by atoms with E-state index in [1.54, 1.807) is 13.8 Å². The summed E-state index contributed by atoms with van der Waals surface area (Å²) in [5.74, 6) is -0.771. The van der Waals surface area contributed by atoms with Crippen LogP contribution >= 0.6 is 0 Å². The van der Waals surface area contributed by atoms with E-state index in [0.29, 0.717) is 0 Å². The molecule has 16 heavy (non-hydrogen) atoms. The number of hydrogen-bond acceptors (Lipinski definition) is 6. The molecule has 2 N–H and O–H groups in total. The molecule has 98 valence electrons. The first-order valence-corrected chi connectivity index (χ1v) is 6.98. The van der Waals surface area contributed by atoms with Crippen molar-refractivity contribution < 1.29 is 34.3 Å². The van der Waals surface area contributed by atoms with Gasteiger partial charge in [0.2, 0.25) is 0 Å². The fraction of sp³-hybridized carbons (Fsp3) is 1.00. The van der Waals surface area contributed by atoms with Crippen LogP contribution in [0.25, 0.3) is 0 Å². The van der Waals surface area contributed by atoms with E-state index in [4.69, 9.17) is 9.11 Å². The van der Waals surface area contributed by atoms with Crippen molar-refractivity contribution in [2.45, 2.75) is 13.8 Å². The summed E-state index contributed by atoms with van der Waals surface area (Å²) in [6.07, 6.45) is 0.